The van der Waals surface area contributed by atoms with Gasteiger partial charge in [0.25, 0.3) is 0 Å². The van der Waals surface area contributed by atoms with Crippen LogP contribution >= 0.6 is 0 Å². The Balaban J connectivity index is 1.29. The number of carbonyl (C=O) groups is 1. The number of carbonyl (C=O) groups excluding carboxylic acids is 1. The van der Waals surface area contributed by atoms with Crippen LogP contribution in [0, 0.1) is 18.8 Å². The van der Waals surface area contributed by atoms with Crippen molar-refractivity contribution in [1.29, 1.82) is 0 Å². The van der Waals surface area contributed by atoms with E-state index in [1.807, 2.05) is 24.1 Å². The van der Waals surface area contributed by atoms with Crippen molar-refractivity contribution in [2.45, 2.75) is 64.6 Å². The maximum Gasteiger partial charge on any atom is 0.229 e. The van der Waals surface area contributed by atoms with Crippen LogP contribution in [-0.4, -0.2) is 61.3 Å². The third-order valence-corrected chi connectivity index (χ3v) is 7.57. The molecule has 1 saturated heterocycles. The number of hydrogen-bond donors (Lipinski definition) is 2. The summed E-state index contributed by atoms with van der Waals surface area (Å²) < 4.78 is 6.17. The van der Waals surface area contributed by atoms with Crippen LogP contribution < -0.4 is 10.2 Å². The summed E-state index contributed by atoms with van der Waals surface area (Å²) in [4.78, 5) is 17.6. The van der Waals surface area contributed by atoms with Crippen LogP contribution in [0.2, 0.25) is 0 Å². The Morgan fingerprint density at radius 1 is 1.26 bits per heavy atom. The summed E-state index contributed by atoms with van der Waals surface area (Å²) in [6.45, 7) is 8.69. The minimum atomic E-state index is 0.0493. The third-order valence-electron chi connectivity index (χ3n) is 7.57. The number of piperazine rings is 1. The average molecular weight is 468 g/mol. The second-order valence-corrected chi connectivity index (χ2v) is 10.3. The van der Waals surface area contributed by atoms with Gasteiger partial charge in [0.1, 0.15) is 5.76 Å². The van der Waals surface area contributed by atoms with Crippen molar-refractivity contribution in [3.05, 3.63) is 53.3 Å². The Morgan fingerprint density at radius 3 is 2.76 bits per heavy atom. The normalized spacial score (nSPS) is 27.8. The van der Waals surface area contributed by atoms with E-state index in [0.717, 1.165) is 69.7 Å². The zero-order valence-corrected chi connectivity index (χ0v) is 21.0. The molecule has 1 aliphatic heterocycles. The van der Waals surface area contributed by atoms with Crippen molar-refractivity contribution in [3.63, 3.8) is 0 Å². The molecule has 34 heavy (non-hydrogen) atoms. The molecule has 1 aromatic rings. The fourth-order valence-electron chi connectivity index (χ4n) is 5.40. The first-order valence-electron chi connectivity index (χ1n) is 12.9. The van der Waals surface area contributed by atoms with Gasteiger partial charge in [0.15, 0.2) is 0 Å². The average Bonchev–Trinajstić information content (AvgIpc) is 2.85. The molecule has 0 radical (unpaired) electrons. The van der Waals surface area contributed by atoms with E-state index in [1.54, 1.807) is 0 Å². The minimum absolute atomic E-state index is 0.0493. The maximum absolute atomic E-state index is 13.2. The van der Waals surface area contributed by atoms with E-state index in [4.69, 9.17) is 4.74 Å². The molecule has 4 rings (SSSR count). The van der Waals surface area contributed by atoms with Crippen molar-refractivity contribution >= 4 is 11.6 Å². The van der Waals surface area contributed by atoms with Gasteiger partial charge in [-0.1, -0.05) is 12.1 Å². The van der Waals surface area contributed by atoms with Crippen molar-refractivity contribution in [1.82, 2.24) is 10.2 Å². The molecule has 6 nitrogen and oxygen atoms in total. The minimum Gasteiger partial charge on any atom is -0.491 e. The number of aliphatic hydroxyl groups is 1. The lowest BCUT2D eigenvalue weighted by atomic mass is 9.86. The van der Waals surface area contributed by atoms with Gasteiger partial charge < -0.3 is 20.1 Å². The molecule has 186 valence electrons. The van der Waals surface area contributed by atoms with Gasteiger partial charge in [-0.05, 0) is 81.4 Å². The molecule has 2 aliphatic carbocycles. The van der Waals surface area contributed by atoms with E-state index in [0.29, 0.717) is 6.04 Å². The fourth-order valence-corrected chi connectivity index (χ4v) is 5.40. The van der Waals surface area contributed by atoms with Crippen molar-refractivity contribution in [3.8, 4) is 0 Å². The molecule has 0 spiro atoms. The molecule has 1 amide bonds. The molecular formula is C28H41N3O3. The molecular weight excluding hydrogens is 426 g/mol. The van der Waals surface area contributed by atoms with Gasteiger partial charge >= 0.3 is 0 Å². The highest BCUT2D eigenvalue weighted by Crippen LogP contribution is 2.31. The molecule has 2 fully saturated rings. The van der Waals surface area contributed by atoms with Gasteiger partial charge in [-0.2, -0.15) is 0 Å². The first-order valence-corrected chi connectivity index (χ1v) is 12.9. The van der Waals surface area contributed by atoms with Crippen LogP contribution in [0.1, 0.15) is 50.2 Å². The summed E-state index contributed by atoms with van der Waals surface area (Å²) in [5, 5.41) is 12.9. The van der Waals surface area contributed by atoms with E-state index in [-0.39, 0.29) is 30.5 Å². The Kier molecular flexibility index (Phi) is 8.46. The number of nitrogens with one attached hydrogen (secondary N) is 1. The zero-order chi connectivity index (χ0) is 24.1. The van der Waals surface area contributed by atoms with E-state index < -0.39 is 0 Å². The highest BCUT2D eigenvalue weighted by atomic mass is 16.5. The van der Waals surface area contributed by atoms with Gasteiger partial charge in [-0.3, -0.25) is 9.69 Å². The van der Waals surface area contributed by atoms with E-state index in [1.165, 1.54) is 11.1 Å². The summed E-state index contributed by atoms with van der Waals surface area (Å²) in [6.07, 6.45) is 10.6. The predicted molar refractivity (Wildman–Crippen MR) is 137 cm³/mol. The number of benzene rings is 1. The number of amides is 1. The van der Waals surface area contributed by atoms with E-state index in [2.05, 4.69) is 48.3 Å². The quantitative estimate of drug-likeness (QED) is 0.639. The second-order valence-electron chi connectivity index (χ2n) is 10.3. The van der Waals surface area contributed by atoms with Crippen LogP contribution in [0.5, 0.6) is 0 Å². The molecule has 2 N–H and O–H groups in total. The number of anilines is 1. The number of hydrogen-bond acceptors (Lipinski definition) is 5. The molecule has 1 aromatic carbocycles. The smallest absolute Gasteiger partial charge is 0.229 e. The molecule has 1 unspecified atom stereocenters. The SMILES string of the molecule is Cc1cc(N(C)C(=O)C2CCC(OC3=CC(CO)CC=C3)CC2)ccc1CN1CCN[C@@H](C)C1. The Labute approximate surface area is 204 Å². The summed E-state index contributed by atoms with van der Waals surface area (Å²) in [5.74, 6) is 1.27. The first-order chi connectivity index (χ1) is 16.4. The van der Waals surface area contributed by atoms with Crippen molar-refractivity contribution < 1.29 is 14.6 Å². The highest BCUT2D eigenvalue weighted by Gasteiger charge is 2.30. The molecule has 1 saturated carbocycles. The summed E-state index contributed by atoms with van der Waals surface area (Å²) >= 11 is 0. The van der Waals surface area contributed by atoms with Gasteiger partial charge in [-0.25, -0.2) is 0 Å². The molecule has 1 heterocycles. The van der Waals surface area contributed by atoms with Crippen LogP contribution in [0.3, 0.4) is 0 Å². The predicted octanol–water partition coefficient (Wildman–Crippen LogP) is 3.78. The lowest BCUT2D eigenvalue weighted by Gasteiger charge is -2.33. The van der Waals surface area contributed by atoms with Crippen molar-refractivity contribution in [2.75, 3.05) is 38.2 Å². The lowest BCUT2D eigenvalue weighted by molar-refractivity contribution is -0.123. The van der Waals surface area contributed by atoms with Gasteiger partial charge in [0.05, 0.1) is 6.10 Å². The highest BCUT2D eigenvalue weighted by molar-refractivity contribution is 5.94. The summed E-state index contributed by atoms with van der Waals surface area (Å²) in [5.41, 5.74) is 3.56. The molecule has 6 heteroatoms. The van der Waals surface area contributed by atoms with Gasteiger partial charge in [0.2, 0.25) is 5.91 Å². The van der Waals surface area contributed by atoms with Crippen LogP contribution in [0.15, 0.2) is 42.2 Å². The lowest BCUT2D eigenvalue weighted by Crippen LogP contribution is -2.48. The standard InChI is InChI=1S/C28H41N3O3/c1-20-15-25(10-7-24(20)18-31-14-13-29-21(2)17-31)30(3)28(33)23-8-11-26(12-9-23)34-27-6-4-5-22(16-27)19-32/h4,6-7,10,15-16,21-23,26,29,32H,5,8-9,11-14,17-19H2,1-3H3/t21-,22?,23?,26?/m0/s1. The molecule has 2 atom stereocenters. The van der Waals surface area contributed by atoms with Gasteiger partial charge in [0, 0.05) is 63.4 Å². The second kappa shape index (κ2) is 11.5. The third kappa shape index (κ3) is 6.29. The van der Waals surface area contributed by atoms with E-state index >= 15 is 0 Å². The fraction of sp³-hybridized carbons (Fsp3) is 0.607. The Morgan fingerprint density at radius 2 is 2.06 bits per heavy atom. The molecule has 0 aromatic heterocycles. The molecule has 3 aliphatic rings. The number of allylic oxidation sites excluding steroid dienone is 2. The monoisotopic (exact) mass is 467 g/mol. The van der Waals surface area contributed by atoms with E-state index in [9.17, 15) is 9.90 Å². The largest absolute Gasteiger partial charge is 0.491 e. The number of aryl methyl sites for hydroxylation is 1. The van der Waals surface area contributed by atoms with Gasteiger partial charge in [-0.15, -0.1) is 0 Å². The van der Waals surface area contributed by atoms with Crippen molar-refractivity contribution in [2.24, 2.45) is 11.8 Å². The zero-order valence-electron chi connectivity index (χ0n) is 21.0. The Hall–Kier alpha value is -2.15. The number of aliphatic hydroxyl groups excluding tert-OH is 1. The number of ether oxygens (including phenoxy) is 1. The number of nitrogens with zero attached hydrogens (tertiary/aromatic N) is 2. The topological polar surface area (TPSA) is 65.0 Å². The maximum atomic E-state index is 13.2. The van der Waals surface area contributed by atoms with Crippen LogP contribution in [0.4, 0.5) is 5.69 Å². The first kappa shape index (κ1) is 25.0. The molecule has 0 bridgehead atoms. The summed E-state index contributed by atoms with van der Waals surface area (Å²) in [6, 6.07) is 6.98. The van der Waals surface area contributed by atoms with Crippen LogP contribution in [-0.2, 0) is 16.1 Å². The van der Waals surface area contributed by atoms with Crippen LogP contribution in [0.25, 0.3) is 0 Å². The number of rotatable bonds is 7. The Bertz CT molecular complexity index is 904. The summed E-state index contributed by atoms with van der Waals surface area (Å²) in [7, 11) is 1.91.